The number of methoxy groups -OCH3 is 1. The average Bonchev–Trinajstić information content (AvgIpc) is 3.21. The molecular weight excluding hydrogens is 324 g/mol. The van der Waals surface area contributed by atoms with Crippen molar-refractivity contribution >= 4 is 39.0 Å². The van der Waals surface area contributed by atoms with Crippen LogP contribution in [0.4, 0.5) is 11.4 Å². The number of nitrogens with one attached hydrogen (secondary N) is 1. The molecule has 1 amide bonds. The molecule has 0 aromatic heterocycles. The lowest BCUT2D eigenvalue weighted by molar-refractivity contribution is -0.112. The molecule has 1 saturated carbocycles. The van der Waals surface area contributed by atoms with Crippen LogP contribution < -0.4 is 10.2 Å². The SMILES string of the molecule is COCCN(c1cc2c(cc1Br)C(=O)C(=O)N2)C1CC1. The zero-order valence-electron chi connectivity index (χ0n) is 11.1. The number of halogens is 1. The Morgan fingerprint density at radius 2 is 2.15 bits per heavy atom. The Kier molecular flexibility index (Phi) is 3.52. The van der Waals surface area contributed by atoms with Gasteiger partial charge >= 0.3 is 0 Å². The predicted octanol–water partition coefficient (Wildman–Crippen LogP) is 2.20. The number of anilines is 2. The van der Waals surface area contributed by atoms with Gasteiger partial charge in [-0.1, -0.05) is 0 Å². The maximum atomic E-state index is 11.7. The van der Waals surface area contributed by atoms with Gasteiger partial charge < -0.3 is 15.0 Å². The van der Waals surface area contributed by atoms with Gasteiger partial charge in [0.05, 0.1) is 23.5 Å². The van der Waals surface area contributed by atoms with E-state index in [4.69, 9.17) is 4.74 Å². The monoisotopic (exact) mass is 338 g/mol. The zero-order valence-corrected chi connectivity index (χ0v) is 12.7. The van der Waals surface area contributed by atoms with Crippen molar-refractivity contribution in [1.82, 2.24) is 0 Å². The van der Waals surface area contributed by atoms with Crippen LogP contribution in [0.2, 0.25) is 0 Å². The largest absolute Gasteiger partial charge is 0.383 e. The van der Waals surface area contributed by atoms with Gasteiger partial charge in [0.2, 0.25) is 0 Å². The topological polar surface area (TPSA) is 58.6 Å². The highest BCUT2D eigenvalue weighted by Gasteiger charge is 2.33. The smallest absolute Gasteiger partial charge is 0.296 e. The van der Waals surface area contributed by atoms with E-state index in [0.29, 0.717) is 23.9 Å². The minimum Gasteiger partial charge on any atom is -0.383 e. The minimum absolute atomic E-state index is 0.438. The van der Waals surface area contributed by atoms with Crippen LogP contribution in [0.25, 0.3) is 0 Å². The number of amides is 1. The first-order chi connectivity index (χ1) is 9.61. The molecule has 0 bridgehead atoms. The maximum absolute atomic E-state index is 11.7. The summed E-state index contributed by atoms with van der Waals surface area (Å²) in [6.45, 7) is 1.44. The number of rotatable bonds is 5. The number of fused-ring (bicyclic) bond motifs is 1. The number of hydrogen-bond donors (Lipinski definition) is 1. The van der Waals surface area contributed by atoms with E-state index in [9.17, 15) is 9.59 Å². The van der Waals surface area contributed by atoms with E-state index in [1.165, 1.54) is 12.8 Å². The molecule has 0 atom stereocenters. The third-order valence-electron chi connectivity index (χ3n) is 3.62. The fraction of sp³-hybridized carbons (Fsp3) is 0.429. The van der Waals surface area contributed by atoms with E-state index < -0.39 is 11.7 Å². The van der Waals surface area contributed by atoms with Gasteiger partial charge in [0.1, 0.15) is 0 Å². The standard InChI is InChI=1S/C14H15BrN2O3/c1-20-5-4-17(8-2-3-8)12-7-11-9(6-10(12)15)13(18)14(19)16-11/h6-8H,2-5H2,1H3,(H,16,18,19). The molecule has 1 aromatic rings. The van der Waals surface area contributed by atoms with Crippen molar-refractivity contribution in [3.8, 4) is 0 Å². The molecule has 0 spiro atoms. The summed E-state index contributed by atoms with van der Waals surface area (Å²) in [5.41, 5.74) is 2.03. The van der Waals surface area contributed by atoms with E-state index in [1.54, 1.807) is 13.2 Å². The number of ketones is 1. The lowest BCUT2D eigenvalue weighted by Gasteiger charge is -2.26. The Morgan fingerprint density at radius 1 is 1.40 bits per heavy atom. The van der Waals surface area contributed by atoms with E-state index in [2.05, 4.69) is 26.1 Å². The van der Waals surface area contributed by atoms with Crippen LogP contribution in [0.3, 0.4) is 0 Å². The van der Waals surface area contributed by atoms with Crippen molar-refractivity contribution in [3.63, 3.8) is 0 Å². The molecule has 1 aromatic carbocycles. The molecule has 1 fully saturated rings. The first kappa shape index (κ1) is 13.6. The van der Waals surface area contributed by atoms with Crippen LogP contribution in [-0.4, -0.2) is 38.0 Å². The van der Waals surface area contributed by atoms with Crippen molar-refractivity contribution in [2.24, 2.45) is 0 Å². The van der Waals surface area contributed by atoms with E-state index >= 15 is 0 Å². The predicted molar refractivity (Wildman–Crippen MR) is 79.3 cm³/mol. The van der Waals surface area contributed by atoms with Gasteiger partial charge in [-0.25, -0.2) is 0 Å². The Bertz CT molecular complexity index is 584. The Balaban J connectivity index is 1.95. The van der Waals surface area contributed by atoms with Gasteiger partial charge in [0, 0.05) is 24.2 Å². The molecule has 1 N–H and O–H groups in total. The van der Waals surface area contributed by atoms with Gasteiger partial charge in [-0.05, 0) is 40.9 Å². The molecule has 106 valence electrons. The number of benzene rings is 1. The van der Waals surface area contributed by atoms with Crippen molar-refractivity contribution in [2.45, 2.75) is 18.9 Å². The van der Waals surface area contributed by atoms with Gasteiger partial charge in [0.25, 0.3) is 11.7 Å². The molecule has 0 unspecified atom stereocenters. The third kappa shape index (κ3) is 2.33. The van der Waals surface area contributed by atoms with E-state index in [-0.39, 0.29) is 0 Å². The molecule has 3 rings (SSSR count). The Labute approximate surface area is 125 Å². The summed E-state index contributed by atoms with van der Waals surface area (Å²) in [6.07, 6.45) is 2.33. The summed E-state index contributed by atoms with van der Waals surface area (Å²) in [7, 11) is 1.68. The van der Waals surface area contributed by atoms with Crippen LogP contribution in [0.1, 0.15) is 23.2 Å². The Morgan fingerprint density at radius 3 is 2.80 bits per heavy atom. The molecule has 0 saturated heterocycles. The molecule has 20 heavy (non-hydrogen) atoms. The summed E-state index contributed by atoms with van der Waals surface area (Å²) in [6, 6.07) is 4.12. The first-order valence-corrected chi connectivity index (χ1v) is 7.36. The van der Waals surface area contributed by atoms with Gasteiger partial charge in [0.15, 0.2) is 0 Å². The lowest BCUT2D eigenvalue weighted by Crippen LogP contribution is -2.29. The molecule has 1 aliphatic heterocycles. The molecule has 5 nitrogen and oxygen atoms in total. The van der Waals surface area contributed by atoms with Crippen LogP contribution >= 0.6 is 15.9 Å². The summed E-state index contributed by atoms with van der Waals surface area (Å²) < 4.78 is 5.99. The fourth-order valence-electron chi connectivity index (χ4n) is 2.45. The quantitative estimate of drug-likeness (QED) is 0.836. The Hall–Kier alpha value is -1.40. The second-order valence-corrected chi connectivity index (χ2v) is 5.90. The third-order valence-corrected chi connectivity index (χ3v) is 4.25. The highest BCUT2D eigenvalue weighted by Crippen LogP contribution is 2.39. The molecular formula is C14H15BrN2O3. The zero-order chi connectivity index (χ0) is 14.3. The summed E-state index contributed by atoms with van der Waals surface area (Å²) in [4.78, 5) is 25.4. The molecule has 0 radical (unpaired) electrons. The molecule has 1 aliphatic carbocycles. The van der Waals surface area contributed by atoms with Crippen LogP contribution in [0, 0.1) is 0 Å². The first-order valence-electron chi connectivity index (χ1n) is 6.56. The molecule has 2 aliphatic rings. The van der Waals surface area contributed by atoms with Crippen LogP contribution in [0.15, 0.2) is 16.6 Å². The number of hydrogen-bond acceptors (Lipinski definition) is 4. The second-order valence-electron chi connectivity index (χ2n) is 5.05. The van der Waals surface area contributed by atoms with Gasteiger partial charge in [-0.15, -0.1) is 0 Å². The van der Waals surface area contributed by atoms with Crippen molar-refractivity contribution in [2.75, 3.05) is 30.5 Å². The number of carbonyl (C=O) groups excluding carboxylic acids is 2. The normalized spacial score (nSPS) is 17.1. The van der Waals surface area contributed by atoms with Crippen LogP contribution in [-0.2, 0) is 9.53 Å². The highest BCUT2D eigenvalue weighted by molar-refractivity contribution is 9.10. The van der Waals surface area contributed by atoms with Crippen molar-refractivity contribution < 1.29 is 14.3 Å². The van der Waals surface area contributed by atoms with E-state index in [1.807, 2.05) is 6.07 Å². The number of carbonyl (C=O) groups is 2. The molecule has 1 heterocycles. The number of nitrogens with zero attached hydrogens (tertiary/aromatic N) is 1. The fourth-order valence-corrected chi connectivity index (χ4v) is 3.02. The number of ether oxygens (including phenoxy) is 1. The van der Waals surface area contributed by atoms with Crippen molar-refractivity contribution in [3.05, 3.63) is 22.2 Å². The van der Waals surface area contributed by atoms with Crippen LogP contribution in [0.5, 0.6) is 0 Å². The van der Waals surface area contributed by atoms with E-state index in [0.717, 1.165) is 16.7 Å². The summed E-state index contributed by atoms with van der Waals surface area (Å²) in [5, 5.41) is 2.62. The van der Waals surface area contributed by atoms with Gasteiger partial charge in [-0.2, -0.15) is 0 Å². The maximum Gasteiger partial charge on any atom is 0.296 e. The minimum atomic E-state index is -0.557. The summed E-state index contributed by atoms with van der Waals surface area (Å²) in [5.74, 6) is -1.03. The average molecular weight is 339 g/mol. The number of Topliss-reactive ketones (excluding diaryl/α,β-unsaturated/α-hetero) is 1. The highest BCUT2D eigenvalue weighted by atomic mass is 79.9. The summed E-state index contributed by atoms with van der Waals surface area (Å²) >= 11 is 3.51. The molecule has 6 heteroatoms. The van der Waals surface area contributed by atoms with Gasteiger partial charge in [-0.3, -0.25) is 9.59 Å². The second kappa shape index (κ2) is 5.18. The lowest BCUT2D eigenvalue weighted by atomic mass is 10.1. The van der Waals surface area contributed by atoms with Crippen molar-refractivity contribution in [1.29, 1.82) is 0 Å².